The van der Waals surface area contributed by atoms with Crippen LogP contribution in [0.15, 0.2) is 12.1 Å². The number of rotatable bonds is 5. The van der Waals surface area contributed by atoms with Gasteiger partial charge in [-0.15, -0.1) is 0 Å². The van der Waals surface area contributed by atoms with E-state index in [-0.39, 0.29) is 0 Å². The number of anilines is 2. The molecule has 0 atom stereocenters. The Morgan fingerprint density at radius 3 is 2.47 bits per heavy atom. The Kier molecular flexibility index (Phi) is 5.37. The molecule has 0 bridgehead atoms. The molecule has 1 rings (SSSR count). The summed E-state index contributed by atoms with van der Waals surface area (Å²) in [6, 6.07) is 3.95. The third-order valence-electron chi connectivity index (χ3n) is 2.75. The Labute approximate surface area is 113 Å². The maximum absolute atomic E-state index is 5.94. The fourth-order valence-electron chi connectivity index (χ4n) is 1.34. The first kappa shape index (κ1) is 14.4. The lowest BCUT2D eigenvalue weighted by atomic mass is 10.2. The fraction of sp³-hybridized carbons (Fsp3) is 0.500. The summed E-state index contributed by atoms with van der Waals surface area (Å²) < 4.78 is 0. The number of halogens is 2. The number of nitrogens with two attached hydrogens (primary N) is 1. The van der Waals surface area contributed by atoms with Gasteiger partial charge < -0.3 is 16.0 Å². The molecule has 0 saturated heterocycles. The first-order valence-electron chi connectivity index (χ1n) is 5.60. The van der Waals surface area contributed by atoms with E-state index in [9.17, 15) is 0 Å². The minimum atomic E-state index is 0.481. The average molecular weight is 276 g/mol. The van der Waals surface area contributed by atoms with Gasteiger partial charge in [0.15, 0.2) is 0 Å². The SMILES string of the molecule is CC(C)N(C)CCNc1cc(Cl)c(Cl)cc1N. The number of nitrogen functional groups attached to an aromatic ring is 1. The van der Waals surface area contributed by atoms with Gasteiger partial charge in [0.05, 0.1) is 21.4 Å². The van der Waals surface area contributed by atoms with Gasteiger partial charge in [-0.2, -0.15) is 0 Å². The largest absolute Gasteiger partial charge is 0.397 e. The van der Waals surface area contributed by atoms with Gasteiger partial charge in [0.2, 0.25) is 0 Å². The van der Waals surface area contributed by atoms with Gasteiger partial charge in [0.25, 0.3) is 0 Å². The van der Waals surface area contributed by atoms with Gasteiger partial charge in [-0.1, -0.05) is 23.2 Å². The molecule has 0 aromatic heterocycles. The maximum atomic E-state index is 5.94. The second-order valence-electron chi connectivity index (χ2n) is 4.35. The zero-order valence-electron chi connectivity index (χ0n) is 10.4. The summed E-state index contributed by atoms with van der Waals surface area (Å²) >= 11 is 11.8. The second-order valence-corrected chi connectivity index (χ2v) is 5.17. The van der Waals surface area contributed by atoms with E-state index in [1.807, 2.05) is 0 Å². The van der Waals surface area contributed by atoms with Crippen molar-refractivity contribution in [2.45, 2.75) is 19.9 Å². The van der Waals surface area contributed by atoms with Crippen LogP contribution in [0.1, 0.15) is 13.8 Å². The highest BCUT2D eigenvalue weighted by atomic mass is 35.5. The number of nitrogens with zero attached hydrogens (tertiary/aromatic N) is 1. The molecule has 0 amide bonds. The van der Waals surface area contributed by atoms with Gasteiger partial charge in [0, 0.05) is 19.1 Å². The van der Waals surface area contributed by atoms with E-state index < -0.39 is 0 Å². The van der Waals surface area contributed by atoms with E-state index >= 15 is 0 Å². The van der Waals surface area contributed by atoms with E-state index in [1.165, 1.54) is 0 Å². The molecule has 17 heavy (non-hydrogen) atoms. The van der Waals surface area contributed by atoms with Crippen LogP contribution in [0.2, 0.25) is 10.0 Å². The molecule has 0 aliphatic carbocycles. The zero-order valence-corrected chi connectivity index (χ0v) is 11.9. The molecule has 0 spiro atoms. The van der Waals surface area contributed by atoms with Crippen molar-refractivity contribution in [2.75, 3.05) is 31.2 Å². The lowest BCUT2D eigenvalue weighted by Gasteiger charge is -2.21. The molecule has 0 aliphatic rings. The van der Waals surface area contributed by atoms with Crippen molar-refractivity contribution < 1.29 is 0 Å². The van der Waals surface area contributed by atoms with E-state index in [4.69, 9.17) is 28.9 Å². The summed E-state index contributed by atoms with van der Waals surface area (Å²) in [5.74, 6) is 0. The van der Waals surface area contributed by atoms with E-state index in [2.05, 4.69) is 31.1 Å². The quantitative estimate of drug-likeness (QED) is 0.810. The molecule has 0 unspecified atom stereocenters. The van der Waals surface area contributed by atoms with Crippen LogP contribution in [0.4, 0.5) is 11.4 Å². The van der Waals surface area contributed by atoms with Gasteiger partial charge in [-0.05, 0) is 33.0 Å². The van der Waals surface area contributed by atoms with Gasteiger partial charge in [-0.25, -0.2) is 0 Å². The van der Waals surface area contributed by atoms with Gasteiger partial charge in [-0.3, -0.25) is 0 Å². The van der Waals surface area contributed by atoms with Crippen molar-refractivity contribution >= 4 is 34.6 Å². The van der Waals surface area contributed by atoms with Gasteiger partial charge in [0.1, 0.15) is 0 Å². The summed E-state index contributed by atoms with van der Waals surface area (Å²) in [5.41, 5.74) is 7.30. The minimum absolute atomic E-state index is 0.481. The molecule has 0 fully saturated rings. The number of hydrogen-bond acceptors (Lipinski definition) is 3. The van der Waals surface area contributed by atoms with Crippen molar-refractivity contribution in [3.63, 3.8) is 0 Å². The molecule has 1 aromatic carbocycles. The molecule has 0 radical (unpaired) electrons. The minimum Gasteiger partial charge on any atom is -0.397 e. The van der Waals surface area contributed by atoms with Crippen molar-refractivity contribution in [1.82, 2.24) is 4.90 Å². The number of nitrogens with one attached hydrogen (secondary N) is 1. The summed E-state index contributed by atoms with van der Waals surface area (Å²) in [7, 11) is 2.09. The molecular formula is C12H19Cl2N3. The predicted octanol–water partition coefficient (Wildman–Crippen LogP) is 3.33. The lowest BCUT2D eigenvalue weighted by Crippen LogP contribution is -2.31. The zero-order chi connectivity index (χ0) is 13.0. The van der Waals surface area contributed by atoms with Crippen LogP contribution in [0.3, 0.4) is 0 Å². The van der Waals surface area contributed by atoms with Crippen LogP contribution in [0.25, 0.3) is 0 Å². The number of benzene rings is 1. The molecule has 3 N–H and O–H groups in total. The Morgan fingerprint density at radius 1 is 1.29 bits per heavy atom. The smallest absolute Gasteiger partial charge is 0.0614 e. The Bertz CT molecular complexity index is 380. The molecular weight excluding hydrogens is 257 g/mol. The summed E-state index contributed by atoms with van der Waals surface area (Å²) in [5, 5.41) is 4.25. The summed E-state index contributed by atoms with van der Waals surface area (Å²) in [6.45, 7) is 6.08. The van der Waals surface area contributed by atoms with Crippen LogP contribution < -0.4 is 11.1 Å². The molecule has 3 nitrogen and oxygen atoms in total. The van der Waals surface area contributed by atoms with E-state index in [0.717, 1.165) is 18.8 Å². The number of hydrogen-bond donors (Lipinski definition) is 2. The second kappa shape index (κ2) is 6.34. The van der Waals surface area contributed by atoms with Crippen LogP contribution >= 0.6 is 23.2 Å². The van der Waals surface area contributed by atoms with Crippen molar-refractivity contribution in [3.05, 3.63) is 22.2 Å². The topological polar surface area (TPSA) is 41.3 Å². The highest BCUT2D eigenvalue weighted by Crippen LogP contribution is 2.30. The summed E-state index contributed by atoms with van der Waals surface area (Å²) in [6.07, 6.45) is 0. The first-order valence-corrected chi connectivity index (χ1v) is 6.36. The van der Waals surface area contributed by atoms with Crippen LogP contribution in [-0.4, -0.2) is 31.1 Å². The molecule has 1 aromatic rings. The molecule has 0 heterocycles. The lowest BCUT2D eigenvalue weighted by molar-refractivity contribution is 0.284. The molecule has 96 valence electrons. The van der Waals surface area contributed by atoms with Crippen molar-refractivity contribution in [2.24, 2.45) is 0 Å². The maximum Gasteiger partial charge on any atom is 0.0614 e. The molecule has 0 aliphatic heterocycles. The van der Waals surface area contributed by atoms with Crippen molar-refractivity contribution in [1.29, 1.82) is 0 Å². The summed E-state index contributed by atoms with van der Waals surface area (Å²) in [4.78, 5) is 2.25. The monoisotopic (exact) mass is 275 g/mol. The molecule has 0 saturated carbocycles. The standard InChI is InChI=1S/C12H19Cl2N3/c1-8(2)17(3)5-4-16-12-7-10(14)9(13)6-11(12)15/h6-8,16H,4-5,15H2,1-3H3. The fourth-order valence-corrected chi connectivity index (χ4v) is 1.68. The highest BCUT2D eigenvalue weighted by Gasteiger charge is 2.06. The van der Waals surface area contributed by atoms with Crippen molar-refractivity contribution in [3.8, 4) is 0 Å². The predicted molar refractivity (Wildman–Crippen MR) is 77.1 cm³/mol. The first-order chi connectivity index (χ1) is 7.91. The van der Waals surface area contributed by atoms with Crippen LogP contribution in [-0.2, 0) is 0 Å². The Hall–Kier alpha value is -0.640. The van der Waals surface area contributed by atoms with Gasteiger partial charge >= 0.3 is 0 Å². The van der Waals surface area contributed by atoms with E-state index in [0.29, 0.717) is 21.8 Å². The average Bonchev–Trinajstić information content (AvgIpc) is 2.25. The highest BCUT2D eigenvalue weighted by molar-refractivity contribution is 6.42. The Balaban J connectivity index is 2.55. The third kappa shape index (κ3) is 4.26. The number of likely N-dealkylation sites (N-methyl/N-ethyl adjacent to an activating group) is 1. The Morgan fingerprint density at radius 2 is 1.88 bits per heavy atom. The van der Waals surface area contributed by atoms with Crippen LogP contribution in [0.5, 0.6) is 0 Å². The normalized spacial score (nSPS) is 11.2. The van der Waals surface area contributed by atoms with E-state index in [1.54, 1.807) is 12.1 Å². The third-order valence-corrected chi connectivity index (χ3v) is 3.48. The van der Waals surface area contributed by atoms with Crippen LogP contribution in [0, 0.1) is 0 Å². The molecule has 5 heteroatoms.